The highest BCUT2D eigenvalue weighted by atomic mass is 32.2. The SMILES string of the molecule is COCCCSCc1ccc(OC)c(C#N)c1. The Hall–Kier alpha value is -1.18. The zero-order chi connectivity index (χ0) is 12.5. The van der Waals surface area contributed by atoms with Gasteiger partial charge in [-0.1, -0.05) is 6.07 Å². The van der Waals surface area contributed by atoms with Crippen LogP contribution in [-0.4, -0.2) is 26.6 Å². The fourth-order valence-electron chi connectivity index (χ4n) is 1.43. The maximum atomic E-state index is 8.96. The van der Waals surface area contributed by atoms with E-state index in [0.717, 1.165) is 30.1 Å². The van der Waals surface area contributed by atoms with Crippen molar-refractivity contribution in [3.8, 4) is 11.8 Å². The minimum absolute atomic E-state index is 0.600. The van der Waals surface area contributed by atoms with Crippen LogP contribution < -0.4 is 4.74 Å². The molecule has 0 atom stereocenters. The average Bonchev–Trinajstić information content (AvgIpc) is 2.38. The summed E-state index contributed by atoms with van der Waals surface area (Å²) in [7, 11) is 3.29. The topological polar surface area (TPSA) is 42.2 Å². The quantitative estimate of drug-likeness (QED) is 0.699. The molecular weight excluding hydrogens is 234 g/mol. The molecule has 17 heavy (non-hydrogen) atoms. The summed E-state index contributed by atoms with van der Waals surface area (Å²) >= 11 is 1.85. The molecule has 0 radical (unpaired) electrons. The number of thioether (sulfide) groups is 1. The number of nitrogens with zero attached hydrogens (tertiary/aromatic N) is 1. The highest BCUT2D eigenvalue weighted by Crippen LogP contribution is 2.21. The van der Waals surface area contributed by atoms with Crippen molar-refractivity contribution in [1.82, 2.24) is 0 Å². The summed E-state index contributed by atoms with van der Waals surface area (Å²) in [4.78, 5) is 0. The minimum Gasteiger partial charge on any atom is -0.495 e. The number of hydrogen-bond acceptors (Lipinski definition) is 4. The van der Waals surface area contributed by atoms with Gasteiger partial charge in [0.2, 0.25) is 0 Å². The van der Waals surface area contributed by atoms with Crippen molar-refractivity contribution in [2.45, 2.75) is 12.2 Å². The first-order chi connectivity index (χ1) is 8.31. The molecule has 0 amide bonds. The predicted octanol–water partition coefficient (Wildman–Crippen LogP) is 2.84. The second kappa shape index (κ2) is 7.99. The normalized spacial score (nSPS) is 9.94. The second-order valence-corrected chi connectivity index (χ2v) is 4.65. The lowest BCUT2D eigenvalue weighted by molar-refractivity contribution is 0.200. The Balaban J connectivity index is 2.47. The van der Waals surface area contributed by atoms with Gasteiger partial charge in [-0.25, -0.2) is 0 Å². The summed E-state index contributed by atoms with van der Waals surface area (Å²) in [5.41, 5.74) is 1.76. The first kappa shape index (κ1) is 13.9. The van der Waals surface area contributed by atoms with Crippen molar-refractivity contribution in [3.05, 3.63) is 29.3 Å². The molecule has 0 aliphatic rings. The lowest BCUT2D eigenvalue weighted by atomic mass is 10.1. The molecule has 0 bridgehead atoms. The molecule has 0 N–H and O–H groups in total. The summed E-state index contributed by atoms with van der Waals surface area (Å²) in [6.45, 7) is 0.805. The molecule has 0 unspecified atom stereocenters. The number of hydrogen-bond donors (Lipinski definition) is 0. The van der Waals surface area contributed by atoms with Crippen molar-refractivity contribution in [1.29, 1.82) is 5.26 Å². The van der Waals surface area contributed by atoms with Gasteiger partial charge in [0.15, 0.2) is 0 Å². The molecule has 1 aromatic carbocycles. The Kier molecular flexibility index (Phi) is 6.53. The molecule has 0 heterocycles. The summed E-state index contributed by atoms with van der Waals surface area (Å²) < 4.78 is 10.1. The fourth-order valence-corrected chi connectivity index (χ4v) is 2.31. The Morgan fingerprint density at radius 3 is 2.82 bits per heavy atom. The van der Waals surface area contributed by atoms with Gasteiger partial charge in [-0.3, -0.25) is 0 Å². The zero-order valence-corrected chi connectivity index (χ0v) is 11.0. The number of ether oxygens (including phenoxy) is 2. The first-order valence-electron chi connectivity index (χ1n) is 5.45. The summed E-state index contributed by atoms with van der Waals surface area (Å²) in [6, 6.07) is 7.89. The lowest BCUT2D eigenvalue weighted by Gasteiger charge is -2.06. The van der Waals surface area contributed by atoms with E-state index in [1.54, 1.807) is 14.2 Å². The van der Waals surface area contributed by atoms with Crippen LogP contribution in [0.4, 0.5) is 0 Å². The third-order valence-corrected chi connectivity index (χ3v) is 3.41. The monoisotopic (exact) mass is 251 g/mol. The van der Waals surface area contributed by atoms with E-state index in [1.165, 1.54) is 0 Å². The molecule has 1 aromatic rings. The Morgan fingerprint density at radius 1 is 1.35 bits per heavy atom. The zero-order valence-electron chi connectivity index (χ0n) is 10.2. The van der Waals surface area contributed by atoms with Crippen LogP contribution in [0.15, 0.2) is 18.2 Å². The van der Waals surface area contributed by atoms with Gasteiger partial charge in [0.05, 0.1) is 12.7 Å². The van der Waals surface area contributed by atoms with Gasteiger partial charge in [0.25, 0.3) is 0 Å². The molecule has 0 fully saturated rings. The van der Waals surface area contributed by atoms with E-state index in [9.17, 15) is 0 Å². The molecule has 0 spiro atoms. The number of methoxy groups -OCH3 is 2. The molecule has 0 saturated heterocycles. The molecule has 0 aromatic heterocycles. The second-order valence-electron chi connectivity index (χ2n) is 3.55. The van der Waals surface area contributed by atoms with E-state index < -0.39 is 0 Å². The standard InChI is InChI=1S/C13H17NO2S/c1-15-6-3-7-17-10-11-4-5-13(16-2)12(8-11)9-14/h4-5,8H,3,6-7,10H2,1-2H3. The maximum absolute atomic E-state index is 8.96. The third kappa shape index (κ3) is 4.68. The van der Waals surface area contributed by atoms with Crippen molar-refractivity contribution in [2.75, 3.05) is 26.6 Å². The molecule has 0 saturated carbocycles. The van der Waals surface area contributed by atoms with Crippen molar-refractivity contribution in [3.63, 3.8) is 0 Å². The number of nitriles is 1. The van der Waals surface area contributed by atoms with Crippen LogP contribution >= 0.6 is 11.8 Å². The Morgan fingerprint density at radius 2 is 2.18 bits per heavy atom. The van der Waals surface area contributed by atoms with Crippen LogP contribution in [0.25, 0.3) is 0 Å². The minimum atomic E-state index is 0.600. The van der Waals surface area contributed by atoms with E-state index in [-0.39, 0.29) is 0 Å². The van der Waals surface area contributed by atoms with Gasteiger partial charge in [0.1, 0.15) is 11.8 Å². The highest BCUT2D eigenvalue weighted by Gasteiger charge is 2.03. The summed E-state index contributed by atoms with van der Waals surface area (Å²) in [5, 5.41) is 8.96. The van der Waals surface area contributed by atoms with Gasteiger partial charge in [-0.15, -0.1) is 0 Å². The van der Waals surface area contributed by atoms with Crippen molar-refractivity contribution >= 4 is 11.8 Å². The van der Waals surface area contributed by atoms with E-state index in [1.807, 2.05) is 30.0 Å². The van der Waals surface area contributed by atoms with Crippen molar-refractivity contribution in [2.24, 2.45) is 0 Å². The van der Waals surface area contributed by atoms with Crippen molar-refractivity contribution < 1.29 is 9.47 Å². The molecule has 0 aliphatic heterocycles. The highest BCUT2D eigenvalue weighted by molar-refractivity contribution is 7.98. The predicted molar refractivity (Wildman–Crippen MR) is 70.4 cm³/mol. The molecule has 1 rings (SSSR count). The van der Waals surface area contributed by atoms with E-state index in [2.05, 4.69) is 6.07 Å². The van der Waals surface area contributed by atoms with E-state index >= 15 is 0 Å². The number of benzene rings is 1. The Labute approximate surface area is 107 Å². The van der Waals surface area contributed by atoms with Gasteiger partial charge < -0.3 is 9.47 Å². The average molecular weight is 251 g/mol. The smallest absolute Gasteiger partial charge is 0.136 e. The van der Waals surface area contributed by atoms with Gasteiger partial charge in [-0.2, -0.15) is 17.0 Å². The van der Waals surface area contributed by atoms with Crippen LogP contribution in [0.5, 0.6) is 5.75 Å². The van der Waals surface area contributed by atoms with E-state index in [4.69, 9.17) is 14.7 Å². The third-order valence-electron chi connectivity index (χ3n) is 2.29. The van der Waals surface area contributed by atoms with Crippen LogP contribution in [-0.2, 0) is 10.5 Å². The van der Waals surface area contributed by atoms with Crippen LogP contribution in [0, 0.1) is 11.3 Å². The van der Waals surface area contributed by atoms with Crippen LogP contribution in [0.2, 0.25) is 0 Å². The Bertz CT molecular complexity index is 387. The fraction of sp³-hybridized carbons (Fsp3) is 0.462. The summed E-state index contributed by atoms with van der Waals surface area (Å²) in [5.74, 6) is 2.63. The first-order valence-corrected chi connectivity index (χ1v) is 6.61. The molecular formula is C13H17NO2S. The lowest BCUT2D eigenvalue weighted by Crippen LogP contribution is -1.92. The van der Waals surface area contributed by atoms with Gasteiger partial charge in [0, 0.05) is 19.5 Å². The number of rotatable bonds is 7. The van der Waals surface area contributed by atoms with E-state index in [0.29, 0.717) is 11.3 Å². The van der Waals surface area contributed by atoms with Gasteiger partial charge >= 0.3 is 0 Å². The van der Waals surface area contributed by atoms with Gasteiger partial charge in [-0.05, 0) is 29.9 Å². The molecule has 0 aliphatic carbocycles. The van der Waals surface area contributed by atoms with Crippen LogP contribution in [0.1, 0.15) is 17.5 Å². The summed E-state index contributed by atoms with van der Waals surface area (Å²) in [6.07, 6.45) is 1.06. The van der Waals surface area contributed by atoms with Crippen LogP contribution in [0.3, 0.4) is 0 Å². The largest absolute Gasteiger partial charge is 0.495 e. The maximum Gasteiger partial charge on any atom is 0.136 e. The molecule has 4 heteroatoms. The molecule has 3 nitrogen and oxygen atoms in total. The molecule has 92 valence electrons.